The van der Waals surface area contributed by atoms with Gasteiger partial charge in [-0.25, -0.2) is 9.66 Å². The Morgan fingerprint density at radius 1 is 1.35 bits per heavy atom. The summed E-state index contributed by atoms with van der Waals surface area (Å²) in [4.78, 5) is 15.9. The van der Waals surface area contributed by atoms with Crippen LogP contribution in [0.4, 0.5) is 10.8 Å². The van der Waals surface area contributed by atoms with Crippen LogP contribution >= 0.6 is 23.1 Å². The predicted molar refractivity (Wildman–Crippen MR) is 102 cm³/mol. The van der Waals surface area contributed by atoms with Crippen LogP contribution < -0.4 is 21.2 Å². The summed E-state index contributed by atoms with van der Waals surface area (Å²) < 4.78 is 6.49. The minimum atomic E-state index is -0.175. The SMILES string of the molecule is COc1ccc(NCc2nnc(SCC(=O)Nc3nccs3)n2N)cc1. The van der Waals surface area contributed by atoms with Gasteiger partial charge < -0.3 is 21.2 Å². The molecule has 136 valence electrons. The molecule has 0 unspecified atom stereocenters. The fourth-order valence-electron chi connectivity index (χ4n) is 1.99. The molecule has 2 aromatic heterocycles. The monoisotopic (exact) mass is 391 g/mol. The molecule has 4 N–H and O–H groups in total. The molecule has 11 heteroatoms. The molecule has 0 radical (unpaired) electrons. The fraction of sp³-hybridized carbons (Fsp3) is 0.200. The number of nitrogen functional groups attached to an aromatic ring is 1. The van der Waals surface area contributed by atoms with Crippen LogP contribution in [0.2, 0.25) is 0 Å². The number of thiazole rings is 1. The maximum Gasteiger partial charge on any atom is 0.236 e. The van der Waals surface area contributed by atoms with Crippen molar-refractivity contribution in [1.82, 2.24) is 19.9 Å². The maximum atomic E-state index is 11.9. The topological polar surface area (TPSA) is 120 Å². The molecule has 2 heterocycles. The van der Waals surface area contributed by atoms with Crippen LogP contribution in [0.3, 0.4) is 0 Å². The number of aromatic nitrogens is 4. The van der Waals surface area contributed by atoms with Crippen molar-refractivity contribution in [2.45, 2.75) is 11.7 Å². The third-order valence-electron chi connectivity index (χ3n) is 3.29. The van der Waals surface area contributed by atoms with Crippen LogP contribution in [-0.4, -0.2) is 38.6 Å². The van der Waals surface area contributed by atoms with Gasteiger partial charge >= 0.3 is 0 Å². The Morgan fingerprint density at radius 3 is 2.85 bits per heavy atom. The molecule has 1 aromatic carbocycles. The molecule has 0 fully saturated rings. The van der Waals surface area contributed by atoms with E-state index in [0.717, 1.165) is 11.4 Å². The summed E-state index contributed by atoms with van der Waals surface area (Å²) in [6.07, 6.45) is 1.63. The molecule has 26 heavy (non-hydrogen) atoms. The highest BCUT2D eigenvalue weighted by molar-refractivity contribution is 7.99. The number of methoxy groups -OCH3 is 1. The molecule has 0 saturated carbocycles. The van der Waals surface area contributed by atoms with Crippen LogP contribution in [0.1, 0.15) is 5.82 Å². The van der Waals surface area contributed by atoms with E-state index in [1.807, 2.05) is 24.3 Å². The first-order chi connectivity index (χ1) is 12.7. The summed E-state index contributed by atoms with van der Waals surface area (Å²) in [5.74, 6) is 7.34. The van der Waals surface area contributed by atoms with Crippen LogP contribution in [0, 0.1) is 0 Å². The van der Waals surface area contributed by atoms with E-state index in [-0.39, 0.29) is 11.7 Å². The Balaban J connectivity index is 1.51. The minimum Gasteiger partial charge on any atom is -0.497 e. The van der Waals surface area contributed by atoms with E-state index < -0.39 is 0 Å². The summed E-state index contributed by atoms with van der Waals surface area (Å²) in [5, 5.41) is 16.8. The fourth-order valence-corrected chi connectivity index (χ4v) is 3.21. The second kappa shape index (κ2) is 8.54. The van der Waals surface area contributed by atoms with Gasteiger partial charge in [0.2, 0.25) is 11.1 Å². The Morgan fingerprint density at radius 2 is 2.15 bits per heavy atom. The van der Waals surface area contributed by atoms with Gasteiger partial charge in [-0.05, 0) is 24.3 Å². The summed E-state index contributed by atoms with van der Waals surface area (Å²) in [5.41, 5.74) is 0.908. The summed E-state index contributed by atoms with van der Waals surface area (Å²) in [6.45, 7) is 0.404. The highest BCUT2D eigenvalue weighted by atomic mass is 32.2. The lowest BCUT2D eigenvalue weighted by Gasteiger charge is -2.07. The number of nitrogens with one attached hydrogen (secondary N) is 2. The largest absolute Gasteiger partial charge is 0.497 e. The Labute approximate surface area is 158 Å². The number of ether oxygens (including phenoxy) is 1. The standard InChI is InChI=1S/C15H17N7O2S2/c1-24-11-4-2-10(3-5-11)18-8-12-20-21-15(22(12)16)26-9-13(23)19-14-17-6-7-25-14/h2-7,18H,8-9,16H2,1H3,(H,17,19,23). The number of amides is 1. The predicted octanol–water partition coefficient (Wildman–Crippen LogP) is 1.80. The first kappa shape index (κ1) is 18.0. The van der Waals surface area contributed by atoms with Crippen LogP contribution in [0.5, 0.6) is 5.75 Å². The Hall–Kier alpha value is -2.79. The average molecular weight is 391 g/mol. The number of thioether (sulfide) groups is 1. The number of nitrogens with zero attached hydrogens (tertiary/aromatic N) is 4. The highest BCUT2D eigenvalue weighted by Crippen LogP contribution is 2.18. The number of carbonyl (C=O) groups excluding carboxylic acids is 1. The summed E-state index contributed by atoms with van der Waals surface area (Å²) in [7, 11) is 1.62. The van der Waals surface area contributed by atoms with Gasteiger partial charge in [-0.15, -0.1) is 21.5 Å². The lowest BCUT2D eigenvalue weighted by molar-refractivity contribution is -0.113. The molecule has 0 bridgehead atoms. The number of hydrogen-bond acceptors (Lipinski definition) is 9. The number of benzene rings is 1. The summed E-state index contributed by atoms with van der Waals surface area (Å²) in [6, 6.07) is 7.51. The molecule has 0 atom stereocenters. The van der Waals surface area contributed by atoms with E-state index in [1.54, 1.807) is 18.7 Å². The zero-order chi connectivity index (χ0) is 18.4. The maximum absolute atomic E-state index is 11.9. The normalized spacial score (nSPS) is 10.5. The molecule has 0 aliphatic carbocycles. The second-order valence-electron chi connectivity index (χ2n) is 5.02. The summed E-state index contributed by atoms with van der Waals surface area (Å²) >= 11 is 2.57. The Kier molecular flexibility index (Phi) is 5.92. The molecule has 3 rings (SSSR count). The van der Waals surface area contributed by atoms with Crippen molar-refractivity contribution in [2.24, 2.45) is 0 Å². The van der Waals surface area contributed by atoms with Crippen molar-refractivity contribution in [3.8, 4) is 5.75 Å². The van der Waals surface area contributed by atoms with Gasteiger partial charge in [-0.3, -0.25) is 4.79 Å². The molecule has 0 spiro atoms. The lowest BCUT2D eigenvalue weighted by atomic mass is 10.3. The van der Waals surface area contributed by atoms with Crippen molar-refractivity contribution in [1.29, 1.82) is 0 Å². The van der Waals surface area contributed by atoms with Crippen LogP contribution in [0.25, 0.3) is 0 Å². The third kappa shape index (κ3) is 4.64. The van der Waals surface area contributed by atoms with Crippen LogP contribution in [-0.2, 0) is 11.3 Å². The smallest absolute Gasteiger partial charge is 0.236 e. The number of hydrogen-bond donors (Lipinski definition) is 3. The van der Waals surface area contributed by atoms with E-state index in [4.69, 9.17) is 10.6 Å². The number of rotatable bonds is 8. The van der Waals surface area contributed by atoms with E-state index >= 15 is 0 Å². The van der Waals surface area contributed by atoms with E-state index in [9.17, 15) is 4.79 Å². The minimum absolute atomic E-state index is 0.167. The molecular weight excluding hydrogens is 374 g/mol. The van der Waals surface area contributed by atoms with E-state index in [2.05, 4.69) is 25.8 Å². The highest BCUT2D eigenvalue weighted by Gasteiger charge is 2.13. The van der Waals surface area contributed by atoms with Crippen molar-refractivity contribution in [3.63, 3.8) is 0 Å². The van der Waals surface area contributed by atoms with Gasteiger partial charge in [-0.2, -0.15) is 0 Å². The molecule has 9 nitrogen and oxygen atoms in total. The second-order valence-corrected chi connectivity index (χ2v) is 6.86. The van der Waals surface area contributed by atoms with Gasteiger partial charge in [-0.1, -0.05) is 11.8 Å². The molecule has 1 amide bonds. The first-order valence-corrected chi connectivity index (χ1v) is 9.41. The lowest BCUT2D eigenvalue weighted by Crippen LogP contribution is -2.18. The van der Waals surface area contributed by atoms with Crippen molar-refractivity contribution < 1.29 is 9.53 Å². The molecule has 3 aromatic rings. The van der Waals surface area contributed by atoms with Gasteiger partial charge in [0, 0.05) is 17.3 Å². The average Bonchev–Trinajstić information content (AvgIpc) is 3.29. The quantitative estimate of drug-likeness (QED) is 0.393. The van der Waals surface area contributed by atoms with Gasteiger partial charge in [0.25, 0.3) is 0 Å². The molecular formula is C15H17N7O2S2. The first-order valence-electron chi connectivity index (χ1n) is 7.55. The zero-order valence-electron chi connectivity index (χ0n) is 13.9. The van der Waals surface area contributed by atoms with E-state index in [0.29, 0.717) is 22.7 Å². The number of carbonyl (C=O) groups is 1. The van der Waals surface area contributed by atoms with Crippen LogP contribution in [0.15, 0.2) is 41.0 Å². The van der Waals surface area contributed by atoms with Crippen molar-refractivity contribution in [2.75, 3.05) is 29.3 Å². The Bertz CT molecular complexity index is 850. The van der Waals surface area contributed by atoms with E-state index in [1.165, 1.54) is 27.8 Å². The third-order valence-corrected chi connectivity index (χ3v) is 4.92. The molecule has 0 aliphatic rings. The van der Waals surface area contributed by atoms with Gasteiger partial charge in [0.1, 0.15) is 5.75 Å². The molecule has 0 aliphatic heterocycles. The van der Waals surface area contributed by atoms with Gasteiger partial charge in [0.05, 0.1) is 19.4 Å². The van der Waals surface area contributed by atoms with Crippen molar-refractivity contribution >= 4 is 39.8 Å². The molecule has 0 saturated heterocycles. The number of nitrogens with two attached hydrogens (primary N) is 1. The number of anilines is 2. The van der Waals surface area contributed by atoms with Crippen molar-refractivity contribution in [3.05, 3.63) is 41.7 Å². The zero-order valence-corrected chi connectivity index (χ0v) is 15.5. The van der Waals surface area contributed by atoms with Gasteiger partial charge in [0.15, 0.2) is 11.0 Å².